The predicted molar refractivity (Wildman–Crippen MR) is 88.8 cm³/mol. The first-order chi connectivity index (χ1) is 11.8. The van der Waals surface area contributed by atoms with E-state index in [2.05, 4.69) is 20.4 Å². The Hall–Kier alpha value is -1.77. The van der Waals surface area contributed by atoms with Crippen molar-refractivity contribution in [3.05, 3.63) is 23.4 Å². The fourth-order valence-electron chi connectivity index (χ4n) is 3.05. The Kier molecular flexibility index (Phi) is 4.59. The van der Waals surface area contributed by atoms with Crippen LogP contribution in [0.25, 0.3) is 10.7 Å². The van der Waals surface area contributed by atoms with Crippen LogP contribution in [0.3, 0.4) is 0 Å². The predicted octanol–water partition coefficient (Wildman–Crippen LogP) is 1.49. The fourth-order valence-corrected chi connectivity index (χ4v) is 3.70. The van der Waals surface area contributed by atoms with Gasteiger partial charge in [-0.3, -0.25) is 9.69 Å². The summed E-state index contributed by atoms with van der Waals surface area (Å²) in [5.74, 6) is 1.58. The maximum atomic E-state index is 11.9. The second kappa shape index (κ2) is 7.00. The van der Waals surface area contributed by atoms with Crippen LogP contribution >= 0.6 is 11.3 Å². The van der Waals surface area contributed by atoms with Crippen molar-refractivity contribution in [2.24, 2.45) is 0 Å². The number of nitrogens with zero attached hydrogens (tertiary/aromatic N) is 3. The van der Waals surface area contributed by atoms with E-state index in [0.717, 1.165) is 37.4 Å². The van der Waals surface area contributed by atoms with E-state index in [1.807, 2.05) is 17.5 Å². The van der Waals surface area contributed by atoms with Crippen LogP contribution in [0.5, 0.6) is 0 Å². The molecule has 1 N–H and O–H groups in total. The number of aromatic nitrogens is 2. The van der Waals surface area contributed by atoms with Gasteiger partial charge in [-0.05, 0) is 24.3 Å². The third-order valence-corrected chi connectivity index (χ3v) is 5.27. The van der Waals surface area contributed by atoms with E-state index in [4.69, 9.17) is 9.26 Å². The van der Waals surface area contributed by atoms with Crippen LogP contribution in [0.2, 0.25) is 0 Å². The molecule has 0 aromatic carbocycles. The Bertz CT molecular complexity index is 675. The topological polar surface area (TPSA) is 80.5 Å². The summed E-state index contributed by atoms with van der Waals surface area (Å²) in [6.45, 7) is 3.39. The Morgan fingerprint density at radius 2 is 2.38 bits per heavy atom. The Labute approximate surface area is 144 Å². The highest BCUT2D eigenvalue weighted by Crippen LogP contribution is 2.28. The molecule has 1 amide bonds. The van der Waals surface area contributed by atoms with E-state index >= 15 is 0 Å². The number of likely N-dealkylation sites (tertiary alicyclic amines) is 1. The minimum Gasteiger partial charge on any atom is -0.376 e. The number of carbonyl (C=O) groups is 1. The summed E-state index contributed by atoms with van der Waals surface area (Å²) >= 11 is 1.59. The first-order valence-corrected chi connectivity index (χ1v) is 9.14. The maximum absolute atomic E-state index is 11.9. The van der Waals surface area contributed by atoms with Gasteiger partial charge in [-0.1, -0.05) is 11.2 Å². The van der Waals surface area contributed by atoms with Gasteiger partial charge in [0, 0.05) is 26.2 Å². The van der Waals surface area contributed by atoms with Crippen LogP contribution in [-0.4, -0.2) is 59.8 Å². The molecule has 4 heterocycles. The van der Waals surface area contributed by atoms with E-state index < -0.39 is 0 Å². The second-order valence-electron chi connectivity index (χ2n) is 6.26. The summed E-state index contributed by atoms with van der Waals surface area (Å²) in [6.07, 6.45) is 2.31. The van der Waals surface area contributed by atoms with Gasteiger partial charge < -0.3 is 14.6 Å². The molecule has 2 aliphatic heterocycles. The van der Waals surface area contributed by atoms with E-state index in [1.54, 1.807) is 11.3 Å². The number of hydrogen-bond acceptors (Lipinski definition) is 7. The first-order valence-electron chi connectivity index (χ1n) is 8.26. The molecule has 0 radical (unpaired) electrons. The van der Waals surface area contributed by atoms with Crippen molar-refractivity contribution >= 4 is 17.2 Å². The molecule has 24 heavy (non-hydrogen) atoms. The van der Waals surface area contributed by atoms with Gasteiger partial charge in [0.05, 0.1) is 23.4 Å². The molecule has 4 rings (SSSR count). The monoisotopic (exact) mass is 348 g/mol. The highest BCUT2D eigenvalue weighted by Gasteiger charge is 2.33. The molecule has 2 aromatic heterocycles. The smallest absolute Gasteiger partial charge is 0.234 e. The molecule has 0 unspecified atom stereocenters. The number of thiophene rings is 1. The lowest BCUT2D eigenvalue weighted by Crippen LogP contribution is -2.50. The molecule has 7 nitrogen and oxygen atoms in total. The summed E-state index contributed by atoms with van der Waals surface area (Å²) in [7, 11) is 0. The molecule has 1 atom stereocenters. The van der Waals surface area contributed by atoms with Gasteiger partial charge in [-0.25, -0.2) is 0 Å². The summed E-state index contributed by atoms with van der Waals surface area (Å²) in [6, 6.07) is 3.95. The molecule has 0 bridgehead atoms. The minimum absolute atomic E-state index is 0.0498. The second-order valence-corrected chi connectivity index (χ2v) is 7.21. The zero-order valence-electron chi connectivity index (χ0n) is 13.3. The summed E-state index contributed by atoms with van der Waals surface area (Å²) < 4.78 is 10.9. The number of amides is 1. The Morgan fingerprint density at radius 3 is 3.12 bits per heavy atom. The lowest BCUT2D eigenvalue weighted by molar-refractivity contribution is -0.123. The number of hydrogen-bond donors (Lipinski definition) is 1. The van der Waals surface area contributed by atoms with Crippen molar-refractivity contribution in [2.45, 2.75) is 24.9 Å². The quantitative estimate of drug-likeness (QED) is 0.852. The molecule has 2 fully saturated rings. The molecule has 2 aliphatic rings. The lowest BCUT2D eigenvalue weighted by Gasteiger charge is -2.36. The van der Waals surface area contributed by atoms with Gasteiger partial charge in [0.25, 0.3) is 0 Å². The van der Waals surface area contributed by atoms with Gasteiger partial charge in [0.1, 0.15) is 0 Å². The van der Waals surface area contributed by atoms with Crippen LogP contribution in [0, 0.1) is 0 Å². The largest absolute Gasteiger partial charge is 0.376 e. The van der Waals surface area contributed by atoms with Crippen molar-refractivity contribution in [2.75, 3.05) is 32.8 Å². The van der Waals surface area contributed by atoms with Crippen LogP contribution in [0.1, 0.15) is 24.7 Å². The fraction of sp³-hybridized carbons (Fsp3) is 0.562. The van der Waals surface area contributed by atoms with Crippen LogP contribution in [0.4, 0.5) is 0 Å². The van der Waals surface area contributed by atoms with E-state index in [-0.39, 0.29) is 17.9 Å². The number of nitrogens with one attached hydrogen (secondary N) is 1. The van der Waals surface area contributed by atoms with Crippen molar-refractivity contribution in [3.63, 3.8) is 0 Å². The SMILES string of the molecule is O=C(CN1CC(c2nc(-c3cccs3)no2)C1)NC[C@H]1CCCO1. The summed E-state index contributed by atoms with van der Waals surface area (Å²) in [4.78, 5) is 19.5. The summed E-state index contributed by atoms with van der Waals surface area (Å²) in [5.41, 5.74) is 0. The Balaban J connectivity index is 1.21. The highest BCUT2D eigenvalue weighted by atomic mass is 32.1. The van der Waals surface area contributed by atoms with Gasteiger partial charge in [0.15, 0.2) is 0 Å². The molecule has 0 spiro atoms. The van der Waals surface area contributed by atoms with Crippen molar-refractivity contribution in [1.29, 1.82) is 0 Å². The van der Waals surface area contributed by atoms with Crippen LogP contribution < -0.4 is 5.32 Å². The molecular formula is C16H20N4O3S. The van der Waals surface area contributed by atoms with E-state index in [9.17, 15) is 4.79 Å². The molecule has 0 aliphatic carbocycles. The molecule has 128 valence electrons. The first kappa shape index (κ1) is 15.7. The van der Waals surface area contributed by atoms with Gasteiger partial charge >= 0.3 is 0 Å². The average molecular weight is 348 g/mol. The number of carbonyl (C=O) groups excluding carboxylic acids is 1. The molecule has 0 saturated carbocycles. The average Bonchev–Trinajstić information content (AvgIpc) is 3.30. The number of ether oxygens (including phenoxy) is 1. The van der Waals surface area contributed by atoms with Gasteiger partial charge in [0.2, 0.25) is 17.6 Å². The molecular weight excluding hydrogens is 328 g/mol. The van der Waals surface area contributed by atoms with Crippen molar-refractivity contribution < 1.29 is 14.1 Å². The molecule has 2 saturated heterocycles. The third kappa shape index (κ3) is 3.50. The number of rotatable bonds is 6. The van der Waals surface area contributed by atoms with Crippen LogP contribution in [-0.2, 0) is 9.53 Å². The normalized spacial score (nSPS) is 21.8. The lowest BCUT2D eigenvalue weighted by atomic mass is 10.0. The third-order valence-electron chi connectivity index (χ3n) is 4.41. The highest BCUT2D eigenvalue weighted by molar-refractivity contribution is 7.13. The zero-order chi connectivity index (χ0) is 16.4. The van der Waals surface area contributed by atoms with Crippen molar-refractivity contribution in [1.82, 2.24) is 20.4 Å². The maximum Gasteiger partial charge on any atom is 0.234 e. The minimum atomic E-state index is 0.0498. The van der Waals surface area contributed by atoms with E-state index in [0.29, 0.717) is 24.8 Å². The molecule has 2 aromatic rings. The standard InChI is InChI=1S/C16H20N4O3S/c21-14(17-7-12-3-1-5-22-12)10-20-8-11(9-20)16-18-15(19-23-16)13-4-2-6-24-13/h2,4,6,11-12H,1,3,5,7-10H2,(H,17,21)/t12-/m1/s1. The van der Waals surface area contributed by atoms with Crippen molar-refractivity contribution in [3.8, 4) is 10.7 Å². The van der Waals surface area contributed by atoms with E-state index in [1.165, 1.54) is 0 Å². The Morgan fingerprint density at radius 1 is 1.46 bits per heavy atom. The summed E-state index contributed by atoms with van der Waals surface area (Å²) in [5, 5.41) is 8.97. The van der Waals surface area contributed by atoms with Gasteiger partial charge in [-0.15, -0.1) is 11.3 Å². The molecule has 8 heteroatoms. The van der Waals surface area contributed by atoms with Crippen LogP contribution in [0.15, 0.2) is 22.0 Å². The van der Waals surface area contributed by atoms with Gasteiger partial charge in [-0.2, -0.15) is 4.98 Å². The zero-order valence-corrected chi connectivity index (χ0v) is 14.1.